The molecule has 0 heterocycles. The van der Waals surface area contributed by atoms with Gasteiger partial charge in [0.2, 0.25) is 11.8 Å². The first-order chi connectivity index (χ1) is 19.5. The molecule has 0 saturated carbocycles. The molecule has 3 aromatic rings. The minimum atomic E-state index is -1.75. The number of hydrogen-bond acceptors (Lipinski definition) is 6. The zero-order valence-electron chi connectivity index (χ0n) is 24.0. The lowest BCUT2D eigenvalue weighted by Crippen LogP contribution is -2.58. The Hall–Kier alpha value is -3.89. The standard InChI is InChI=1S/C31H40BN3O6/c1-20(2)16-26(30(37)35-28(21(3)4)32(39)40)33-29(36)27(34-31(38)41-19-22-10-6-5-7-11-22)18-23-14-15-24-12-8-9-13-25(24)17-23/h5-15,17,20-21,26-28,39-40H,16,18-19H2,1-4H3,(H,33,36)(H,34,38)(H,35,37)/t26-,27-,28-/m0/s1. The molecule has 3 aromatic carbocycles. The molecule has 3 rings (SSSR count). The lowest BCUT2D eigenvalue weighted by molar-refractivity contribution is -0.130. The van der Waals surface area contributed by atoms with Gasteiger partial charge in [0.25, 0.3) is 0 Å². The van der Waals surface area contributed by atoms with Crippen molar-refractivity contribution in [3.05, 3.63) is 83.9 Å². The van der Waals surface area contributed by atoms with Gasteiger partial charge in [-0.15, -0.1) is 0 Å². The lowest BCUT2D eigenvalue weighted by atomic mass is 9.73. The van der Waals surface area contributed by atoms with Crippen molar-refractivity contribution in [1.82, 2.24) is 16.0 Å². The molecule has 0 aliphatic carbocycles. The minimum absolute atomic E-state index is 0.0371. The van der Waals surface area contributed by atoms with Crippen molar-refractivity contribution in [1.29, 1.82) is 0 Å². The fourth-order valence-corrected chi connectivity index (χ4v) is 4.54. The zero-order chi connectivity index (χ0) is 29.9. The number of carbonyl (C=O) groups excluding carboxylic acids is 3. The second-order valence-corrected chi connectivity index (χ2v) is 11.0. The van der Waals surface area contributed by atoms with E-state index in [4.69, 9.17) is 4.74 Å². The third-order valence-corrected chi connectivity index (χ3v) is 6.76. The number of benzene rings is 3. The van der Waals surface area contributed by atoms with Gasteiger partial charge in [-0.2, -0.15) is 0 Å². The Balaban J connectivity index is 1.80. The van der Waals surface area contributed by atoms with Crippen molar-refractivity contribution in [2.75, 3.05) is 0 Å². The number of hydrogen-bond donors (Lipinski definition) is 5. The van der Waals surface area contributed by atoms with Crippen LogP contribution in [0.4, 0.5) is 4.79 Å². The molecule has 10 heteroatoms. The Morgan fingerprint density at radius 3 is 2.02 bits per heavy atom. The van der Waals surface area contributed by atoms with Gasteiger partial charge in [-0.25, -0.2) is 4.79 Å². The molecule has 0 unspecified atom stereocenters. The molecule has 0 aromatic heterocycles. The van der Waals surface area contributed by atoms with Gasteiger partial charge in [-0.1, -0.05) is 100 Å². The van der Waals surface area contributed by atoms with E-state index in [9.17, 15) is 24.4 Å². The molecule has 0 aliphatic rings. The van der Waals surface area contributed by atoms with Crippen molar-refractivity contribution in [2.24, 2.45) is 11.8 Å². The average Bonchev–Trinajstić information content (AvgIpc) is 2.93. The number of fused-ring (bicyclic) bond motifs is 1. The van der Waals surface area contributed by atoms with Gasteiger partial charge in [0, 0.05) is 6.42 Å². The summed E-state index contributed by atoms with van der Waals surface area (Å²) in [5, 5.41) is 29.6. The molecular formula is C31H40BN3O6. The first-order valence-corrected chi connectivity index (χ1v) is 13.9. The predicted octanol–water partition coefficient (Wildman–Crippen LogP) is 3.36. The molecule has 9 nitrogen and oxygen atoms in total. The quantitative estimate of drug-likeness (QED) is 0.203. The molecule has 218 valence electrons. The van der Waals surface area contributed by atoms with E-state index in [2.05, 4.69) is 16.0 Å². The van der Waals surface area contributed by atoms with Crippen molar-refractivity contribution >= 4 is 35.8 Å². The van der Waals surface area contributed by atoms with E-state index in [-0.39, 0.29) is 24.9 Å². The highest BCUT2D eigenvalue weighted by Gasteiger charge is 2.33. The van der Waals surface area contributed by atoms with Gasteiger partial charge in [0.1, 0.15) is 18.7 Å². The summed E-state index contributed by atoms with van der Waals surface area (Å²) in [7, 11) is -1.75. The molecule has 0 bridgehead atoms. The zero-order valence-corrected chi connectivity index (χ0v) is 24.0. The van der Waals surface area contributed by atoms with Gasteiger partial charge in [-0.05, 0) is 40.2 Å². The molecule has 41 heavy (non-hydrogen) atoms. The Morgan fingerprint density at radius 2 is 1.39 bits per heavy atom. The van der Waals surface area contributed by atoms with Crippen molar-refractivity contribution in [2.45, 2.75) is 65.2 Å². The van der Waals surface area contributed by atoms with Crippen LogP contribution in [0, 0.1) is 11.8 Å². The number of nitrogens with one attached hydrogen (secondary N) is 3. The highest BCUT2D eigenvalue weighted by molar-refractivity contribution is 6.43. The molecular weight excluding hydrogens is 521 g/mol. The molecule has 0 spiro atoms. The minimum Gasteiger partial charge on any atom is -0.445 e. The molecule has 0 saturated heterocycles. The second-order valence-electron chi connectivity index (χ2n) is 11.0. The molecule has 5 N–H and O–H groups in total. The van der Waals surface area contributed by atoms with Crippen LogP contribution in [0.5, 0.6) is 0 Å². The van der Waals surface area contributed by atoms with Gasteiger partial charge in [-0.3, -0.25) is 9.59 Å². The number of amides is 3. The van der Waals surface area contributed by atoms with Crippen LogP contribution in [0.2, 0.25) is 0 Å². The second kappa shape index (κ2) is 15.2. The molecule has 0 radical (unpaired) electrons. The molecule has 3 atom stereocenters. The molecule has 0 fully saturated rings. The fraction of sp³-hybridized carbons (Fsp3) is 0.387. The Labute approximate surface area is 241 Å². The van der Waals surface area contributed by atoms with Crippen LogP contribution in [0.3, 0.4) is 0 Å². The van der Waals surface area contributed by atoms with E-state index < -0.39 is 43.1 Å². The maximum Gasteiger partial charge on any atom is 0.475 e. The highest BCUT2D eigenvalue weighted by Crippen LogP contribution is 2.17. The number of rotatable bonds is 13. The lowest BCUT2D eigenvalue weighted by Gasteiger charge is -2.27. The van der Waals surface area contributed by atoms with Crippen LogP contribution in [0.15, 0.2) is 72.8 Å². The Kier molecular flexibility index (Phi) is 11.7. The summed E-state index contributed by atoms with van der Waals surface area (Å²) in [4.78, 5) is 39.6. The first-order valence-electron chi connectivity index (χ1n) is 13.9. The third kappa shape index (κ3) is 9.91. The first kappa shape index (κ1) is 31.6. The summed E-state index contributed by atoms with van der Waals surface area (Å²) in [6, 6.07) is 20.9. The van der Waals surface area contributed by atoms with Gasteiger partial charge in [0.15, 0.2) is 0 Å². The average molecular weight is 561 g/mol. The van der Waals surface area contributed by atoms with Crippen LogP contribution in [0.1, 0.15) is 45.2 Å². The summed E-state index contributed by atoms with van der Waals surface area (Å²) in [5.74, 6) is -2.20. The predicted molar refractivity (Wildman–Crippen MR) is 160 cm³/mol. The number of carbonyl (C=O) groups is 3. The van der Waals surface area contributed by atoms with Crippen molar-refractivity contribution in [3.8, 4) is 0 Å². The van der Waals surface area contributed by atoms with E-state index in [0.717, 1.165) is 21.9 Å². The molecule has 3 amide bonds. The van der Waals surface area contributed by atoms with Crippen LogP contribution < -0.4 is 16.0 Å². The number of alkyl carbamates (subject to hydrolysis) is 1. The van der Waals surface area contributed by atoms with Crippen LogP contribution >= 0.6 is 0 Å². The monoisotopic (exact) mass is 561 g/mol. The van der Waals surface area contributed by atoms with E-state index in [0.29, 0.717) is 6.42 Å². The smallest absolute Gasteiger partial charge is 0.445 e. The van der Waals surface area contributed by atoms with Crippen molar-refractivity contribution < 1.29 is 29.2 Å². The van der Waals surface area contributed by atoms with Gasteiger partial charge >= 0.3 is 13.2 Å². The van der Waals surface area contributed by atoms with Crippen LogP contribution in [-0.4, -0.2) is 53.1 Å². The fourth-order valence-electron chi connectivity index (χ4n) is 4.54. The topological polar surface area (TPSA) is 137 Å². The van der Waals surface area contributed by atoms with Crippen LogP contribution in [0.25, 0.3) is 10.8 Å². The summed E-state index contributed by atoms with van der Waals surface area (Å²) in [6.07, 6.45) is -0.287. The summed E-state index contributed by atoms with van der Waals surface area (Å²) >= 11 is 0. The van der Waals surface area contributed by atoms with E-state index >= 15 is 0 Å². The Bertz CT molecular complexity index is 1290. The maximum absolute atomic E-state index is 13.6. The number of ether oxygens (including phenoxy) is 1. The van der Waals surface area contributed by atoms with Gasteiger partial charge < -0.3 is 30.7 Å². The summed E-state index contributed by atoms with van der Waals surface area (Å²) < 4.78 is 5.37. The van der Waals surface area contributed by atoms with E-state index in [1.54, 1.807) is 13.8 Å². The van der Waals surface area contributed by atoms with E-state index in [1.807, 2.05) is 86.6 Å². The molecule has 0 aliphatic heterocycles. The summed E-state index contributed by atoms with van der Waals surface area (Å²) in [6.45, 7) is 7.38. The highest BCUT2D eigenvalue weighted by atomic mass is 16.5. The van der Waals surface area contributed by atoms with Gasteiger partial charge in [0.05, 0.1) is 5.94 Å². The van der Waals surface area contributed by atoms with Crippen LogP contribution in [-0.2, 0) is 27.4 Å². The summed E-state index contributed by atoms with van der Waals surface area (Å²) in [5.41, 5.74) is 1.62. The normalized spacial score (nSPS) is 13.4. The SMILES string of the molecule is CC(C)C[C@H](NC(=O)[C@H](Cc1ccc2ccccc2c1)NC(=O)OCc1ccccc1)C(=O)N[C@H](B(O)O)C(C)C. The van der Waals surface area contributed by atoms with E-state index in [1.165, 1.54) is 0 Å². The van der Waals surface area contributed by atoms with Crippen molar-refractivity contribution in [3.63, 3.8) is 0 Å². The Morgan fingerprint density at radius 1 is 0.756 bits per heavy atom. The largest absolute Gasteiger partial charge is 0.475 e. The maximum atomic E-state index is 13.6. The third-order valence-electron chi connectivity index (χ3n) is 6.76.